The van der Waals surface area contributed by atoms with E-state index < -0.39 is 17.5 Å². The number of carboxylic acid groups (broad SMARTS) is 1. The minimum absolute atomic E-state index is 0.296. The Morgan fingerprint density at radius 1 is 1.45 bits per heavy atom. The summed E-state index contributed by atoms with van der Waals surface area (Å²) in [6.45, 7) is 7.00. The van der Waals surface area contributed by atoms with Crippen LogP contribution in [0.5, 0.6) is 0 Å². The van der Waals surface area contributed by atoms with E-state index in [9.17, 15) is 9.59 Å². The second-order valence-corrected chi connectivity index (χ2v) is 4.83. The molecule has 0 spiro atoms. The Morgan fingerprint density at radius 3 is 2.55 bits per heavy atom. The monoisotopic (exact) mass is 284 g/mol. The molecule has 8 heteroatoms. The Hall–Kier alpha value is -2.12. The molecule has 1 heterocycles. The third-order valence-electron chi connectivity index (χ3n) is 2.94. The first-order valence-corrected chi connectivity index (χ1v) is 6.37. The van der Waals surface area contributed by atoms with Crippen LogP contribution in [0, 0.1) is 6.92 Å². The zero-order valence-corrected chi connectivity index (χ0v) is 12.1. The SMILES string of the molecule is CCN(C(=O)NCCc1nc(C)no1)C(C)(C)C(=O)O. The number of aryl methyl sites for hydroxylation is 1. The largest absolute Gasteiger partial charge is 0.480 e. The van der Waals surface area contributed by atoms with E-state index in [0.29, 0.717) is 31.2 Å². The van der Waals surface area contributed by atoms with Gasteiger partial charge in [0.2, 0.25) is 5.89 Å². The van der Waals surface area contributed by atoms with Gasteiger partial charge in [0.1, 0.15) is 5.54 Å². The van der Waals surface area contributed by atoms with Crippen LogP contribution >= 0.6 is 0 Å². The van der Waals surface area contributed by atoms with E-state index in [1.807, 2.05) is 0 Å². The first-order valence-electron chi connectivity index (χ1n) is 6.37. The van der Waals surface area contributed by atoms with Gasteiger partial charge < -0.3 is 19.8 Å². The van der Waals surface area contributed by atoms with Crippen molar-refractivity contribution in [2.75, 3.05) is 13.1 Å². The standard InChI is InChI=1S/C12H20N4O4/c1-5-16(12(3,4)10(17)18)11(19)13-7-6-9-14-8(2)15-20-9/h5-7H2,1-4H3,(H,13,19)(H,17,18). The fourth-order valence-electron chi connectivity index (χ4n) is 1.72. The molecular weight excluding hydrogens is 264 g/mol. The minimum Gasteiger partial charge on any atom is -0.480 e. The van der Waals surface area contributed by atoms with Gasteiger partial charge in [0, 0.05) is 19.5 Å². The average molecular weight is 284 g/mol. The zero-order valence-electron chi connectivity index (χ0n) is 12.1. The second-order valence-electron chi connectivity index (χ2n) is 4.83. The van der Waals surface area contributed by atoms with Crippen molar-refractivity contribution in [3.8, 4) is 0 Å². The lowest BCUT2D eigenvalue weighted by molar-refractivity contribution is -0.147. The summed E-state index contributed by atoms with van der Waals surface area (Å²) in [5.74, 6) is -0.0844. The molecule has 0 bridgehead atoms. The average Bonchev–Trinajstić information content (AvgIpc) is 2.75. The van der Waals surface area contributed by atoms with Crippen LogP contribution in [0.3, 0.4) is 0 Å². The number of nitrogens with one attached hydrogen (secondary N) is 1. The number of rotatable bonds is 6. The van der Waals surface area contributed by atoms with Gasteiger partial charge in [-0.2, -0.15) is 4.98 Å². The highest BCUT2D eigenvalue weighted by Gasteiger charge is 2.36. The molecule has 0 aliphatic carbocycles. The van der Waals surface area contributed by atoms with Crippen molar-refractivity contribution in [2.45, 2.75) is 39.7 Å². The molecule has 20 heavy (non-hydrogen) atoms. The number of carbonyl (C=O) groups excluding carboxylic acids is 1. The molecule has 1 aromatic heterocycles. The quantitative estimate of drug-likeness (QED) is 0.800. The number of aromatic nitrogens is 2. The maximum atomic E-state index is 12.0. The van der Waals surface area contributed by atoms with E-state index in [0.717, 1.165) is 0 Å². The molecule has 112 valence electrons. The van der Waals surface area contributed by atoms with E-state index in [1.54, 1.807) is 13.8 Å². The lowest BCUT2D eigenvalue weighted by Gasteiger charge is -2.34. The number of aliphatic carboxylic acids is 1. The lowest BCUT2D eigenvalue weighted by Crippen LogP contribution is -2.56. The lowest BCUT2D eigenvalue weighted by atomic mass is 10.0. The van der Waals surface area contributed by atoms with Crippen molar-refractivity contribution >= 4 is 12.0 Å². The van der Waals surface area contributed by atoms with Crippen LogP contribution in [0.15, 0.2) is 4.52 Å². The summed E-state index contributed by atoms with van der Waals surface area (Å²) in [7, 11) is 0. The van der Waals surface area contributed by atoms with Crippen molar-refractivity contribution in [1.82, 2.24) is 20.4 Å². The van der Waals surface area contributed by atoms with E-state index in [-0.39, 0.29) is 0 Å². The first kappa shape index (κ1) is 15.9. The van der Waals surface area contributed by atoms with Gasteiger partial charge >= 0.3 is 12.0 Å². The number of urea groups is 1. The summed E-state index contributed by atoms with van der Waals surface area (Å²) in [6.07, 6.45) is 0.400. The smallest absolute Gasteiger partial charge is 0.329 e. The molecule has 0 atom stereocenters. The molecule has 8 nitrogen and oxygen atoms in total. The highest BCUT2D eigenvalue weighted by molar-refractivity contribution is 5.85. The third-order valence-corrected chi connectivity index (χ3v) is 2.94. The van der Waals surface area contributed by atoms with E-state index >= 15 is 0 Å². The fourth-order valence-corrected chi connectivity index (χ4v) is 1.72. The van der Waals surface area contributed by atoms with Gasteiger partial charge in [-0.3, -0.25) is 0 Å². The Morgan fingerprint density at radius 2 is 2.10 bits per heavy atom. The molecule has 0 saturated carbocycles. The topological polar surface area (TPSA) is 109 Å². The van der Waals surface area contributed by atoms with Crippen molar-refractivity contribution in [3.63, 3.8) is 0 Å². The molecule has 0 fully saturated rings. The van der Waals surface area contributed by atoms with Crippen LogP contribution in [-0.4, -0.2) is 50.8 Å². The molecule has 2 amide bonds. The predicted octanol–water partition coefficient (Wildman–Crippen LogP) is 0.815. The molecule has 1 rings (SSSR count). The Labute approximate surface area is 117 Å². The third kappa shape index (κ3) is 3.69. The number of amides is 2. The highest BCUT2D eigenvalue weighted by atomic mass is 16.5. The van der Waals surface area contributed by atoms with Crippen molar-refractivity contribution in [3.05, 3.63) is 11.7 Å². The van der Waals surface area contributed by atoms with Gasteiger partial charge in [0.15, 0.2) is 5.82 Å². The Bertz CT molecular complexity index is 484. The number of hydrogen-bond donors (Lipinski definition) is 2. The van der Waals surface area contributed by atoms with Gasteiger partial charge in [-0.25, -0.2) is 9.59 Å². The van der Waals surface area contributed by atoms with Crippen LogP contribution in [0.2, 0.25) is 0 Å². The van der Waals surface area contributed by atoms with Crippen molar-refractivity contribution < 1.29 is 19.2 Å². The van der Waals surface area contributed by atoms with Crippen LogP contribution in [0.1, 0.15) is 32.5 Å². The molecular formula is C12H20N4O4. The fraction of sp³-hybridized carbons (Fsp3) is 0.667. The van der Waals surface area contributed by atoms with Crippen LogP contribution in [0.25, 0.3) is 0 Å². The van der Waals surface area contributed by atoms with Gasteiger partial charge in [0.05, 0.1) is 0 Å². The van der Waals surface area contributed by atoms with Gasteiger partial charge in [-0.15, -0.1) is 0 Å². The van der Waals surface area contributed by atoms with Gasteiger partial charge in [-0.1, -0.05) is 5.16 Å². The Balaban J connectivity index is 2.54. The first-order chi connectivity index (χ1) is 9.28. The summed E-state index contributed by atoms with van der Waals surface area (Å²) in [5, 5.41) is 15.4. The van der Waals surface area contributed by atoms with Crippen molar-refractivity contribution in [2.24, 2.45) is 0 Å². The minimum atomic E-state index is -1.26. The molecule has 0 aliphatic heterocycles. The summed E-state index contributed by atoms with van der Waals surface area (Å²) >= 11 is 0. The van der Waals surface area contributed by atoms with E-state index in [4.69, 9.17) is 9.63 Å². The van der Waals surface area contributed by atoms with Crippen molar-refractivity contribution in [1.29, 1.82) is 0 Å². The number of hydrogen-bond acceptors (Lipinski definition) is 5. The molecule has 0 saturated heterocycles. The number of nitrogens with zero attached hydrogens (tertiary/aromatic N) is 3. The second kappa shape index (κ2) is 6.36. The number of likely N-dealkylation sites (N-methyl/N-ethyl adjacent to an activating group) is 1. The molecule has 0 unspecified atom stereocenters. The van der Waals surface area contributed by atoms with Gasteiger partial charge in [0.25, 0.3) is 0 Å². The van der Waals surface area contributed by atoms with Gasteiger partial charge in [-0.05, 0) is 27.7 Å². The zero-order chi connectivity index (χ0) is 15.3. The van der Waals surface area contributed by atoms with E-state index in [1.165, 1.54) is 18.7 Å². The molecule has 2 N–H and O–H groups in total. The summed E-state index contributed by atoms with van der Waals surface area (Å²) in [6, 6.07) is -0.434. The molecule has 0 aromatic carbocycles. The van der Waals surface area contributed by atoms with Crippen LogP contribution < -0.4 is 5.32 Å². The Kier molecular flexibility index (Phi) is 5.06. The van der Waals surface area contributed by atoms with Crippen LogP contribution in [0.4, 0.5) is 4.79 Å². The molecule has 1 aromatic rings. The normalized spacial score (nSPS) is 11.2. The number of carbonyl (C=O) groups is 2. The van der Waals surface area contributed by atoms with E-state index in [2.05, 4.69) is 15.5 Å². The number of carboxylic acids is 1. The van der Waals surface area contributed by atoms with Crippen LogP contribution in [-0.2, 0) is 11.2 Å². The summed E-state index contributed by atoms with van der Waals surface area (Å²) in [4.78, 5) is 28.4. The highest BCUT2D eigenvalue weighted by Crippen LogP contribution is 2.14. The maximum Gasteiger partial charge on any atom is 0.329 e. The predicted molar refractivity (Wildman–Crippen MR) is 70.2 cm³/mol. The molecule has 0 radical (unpaired) electrons. The molecule has 0 aliphatic rings. The summed E-state index contributed by atoms with van der Waals surface area (Å²) in [5.41, 5.74) is -1.26. The maximum absolute atomic E-state index is 12.0. The summed E-state index contributed by atoms with van der Waals surface area (Å²) < 4.78 is 4.92.